The van der Waals surface area contributed by atoms with Crippen molar-refractivity contribution in [2.75, 3.05) is 20.1 Å². The van der Waals surface area contributed by atoms with Crippen LogP contribution in [-0.2, 0) is 14.3 Å². The van der Waals surface area contributed by atoms with Crippen molar-refractivity contribution in [1.29, 1.82) is 0 Å². The summed E-state index contributed by atoms with van der Waals surface area (Å²) in [5, 5.41) is 0. The highest BCUT2D eigenvalue weighted by atomic mass is 16.6. The van der Waals surface area contributed by atoms with E-state index in [2.05, 4.69) is 4.99 Å². The average molecular weight is 293 g/mol. The van der Waals surface area contributed by atoms with Gasteiger partial charge in [0.1, 0.15) is 12.1 Å². The predicted molar refractivity (Wildman–Crippen MR) is 81.8 cm³/mol. The highest BCUT2D eigenvalue weighted by Gasteiger charge is 2.19. The first-order valence-corrected chi connectivity index (χ1v) is 6.75. The molecule has 0 spiro atoms. The number of nitrogens with zero attached hydrogens (tertiary/aromatic N) is 2. The van der Waals surface area contributed by atoms with E-state index in [0.717, 1.165) is 0 Å². The van der Waals surface area contributed by atoms with Gasteiger partial charge in [-0.2, -0.15) is 0 Å². The minimum absolute atomic E-state index is 0.0943. The Hall–Kier alpha value is -2.11. The monoisotopic (exact) mass is 293 g/mol. The molecule has 1 heterocycles. The summed E-state index contributed by atoms with van der Waals surface area (Å²) in [4.78, 5) is 29.3. The number of aliphatic imine (C=N–C) groups is 1. The van der Waals surface area contributed by atoms with Gasteiger partial charge in [0.25, 0.3) is 0 Å². The Morgan fingerprint density at radius 2 is 2.05 bits per heavy atom. The number of allylic oxidation sites excluding steroid dienone is 2. The summed E-state index contributed by atoms with van der Waals surface area (Å²) >= 11 is 0. The maximum atomic E-state index is 11.7. The molecule has 116 valence electrons. The van der Waals surface area contributed by atoms with E-state index in [0.29, 0.717) is 17.8 Å². The van der Waals surface area contributed by atoms with Crippen LogP contribution in [0.1, 0.15) is 27.7 Å². The molecule has 1 aliphatic rings. The maximum absolute atomic E-state index is 11.7. The van der Waals surface area contributed by atoms with Crippen molar-refractivity contribution in [3.05, 3.63) is 23.5 Å². The van der Waals surface area contributed by atoms with Gasteiger partial charge in [-0.25, -0.2) is 0 Å². The summed E-state index contributed by atoms with van der Waals surface area (Å²) in [5.41, 5.74) is 6.59. The average Bonchev–Trinajstić information content (AvgIpc) is 2.33. The van der Waals surface area contributed by atoms with Gasteiger partial charge >= 0.3 is 5.97 Å². The highest BCUT2D eigenvalue weighted by molar-refractivity contribution is 6.11. The quantitative estimate of drug-likeness (QED) is 0.620. The first-order valence-electron chi connectivity index (χ1n) is 6.75. The van der Waals surface area contributed by atoms with Crippen molar-refractivity contribution in [2.45, 2.75) is 33.3 Å². The summed E-state index contributed by atoms with van der Waals surface area (Å²) in [6.07, 6.45) is 3.55. The zero-order chi connectivity index (χ0) is 16.2. The van der Waals surface area contributed by atoms with Gasteiger partial charge in [-0.05, 0) is 33.0 Å². The Kier molecular flexibility index (Phi) is 5.29. The summed E-state index contributed by atoms with van der Waals surface area (Å²) in [5.74, 6) is -0.628. The SMILES string of the molecule is CC(=O)C(N)=C1C=CN(C)CC1=NCC(=O)OC(C)(C)C. The van der Waals surface area contributed by atoms with Crippen LogP contribution in [-0.4, -0.2) is 48.1 Å². The molecule has 0 fully saturated rings. The molecule has 0 aliphatic carbocycles. The molecule has 0 unspecified atom stereocenters. The third-order valence-corrected chi connectivity index (χ3v) is 2.69. The molecule has 0 saturated carbocycles. The molecule has 0 radical (unpaired) electrons. The molecule has 0 amide bonds. The van der Waals surface area contributed by atoms with Gasteiger partial charge in [-0.1, -0.05) is 0 Å². The number of esters is 1. The van der Waals surface area contributed by atoms with E-state index in [1.807, 2.05) is 18.1 Å². The van der Waals surface area contributed by atoms with Crippen molar-refractivity contribution in [3.8, 4) is 0 Å². The van der Waals surface area contributed by atoms with Crippen molar-refractivity contribution >= 4 is 17.5 Å². The van der Waals surface area contributed by atoms with E-state index in [9.17, 15) is 9.59 Å². The number of ketones is 1. The van der Waals surface area contributed by atoms with E-state index in [1.54, 1.807) is 26.8 Å². The standard InChI is InChI=1S/C15H23N3O3/c1-10(19)14(16)11-6-7-18(5)9-12(11)17-8-13(20)21-15(2,3)4/h6-7H,8-9,16H2,1-5H3. The molecule has 6 heteroatoms. The summed E-state index contributed by atoms with van der Waals surface area (Å²) in [6.45, 7) is 7.20. The molecule has 0 bridgehead atoms. The van der Waals surface area contributed by atoms with Crippen LogP contribution in [0.2, 0.25) is 0 Å². The molecule has 0 saturated heterocycles. The van der Waals surface area contributed by atoms with Crippen LogP contribution < -0.4 is 5.73 Å². The number of hydrogen-bond donors (Lipinski definition) is 1. The number of hydrogen-bond acceptors (Lipinski definition) is 6. The number of ether oxygens (including phenoxy) is 1. The molecular weight excluding hydrogens is 270 g/mol. The van der Waals surface area contributed by atoms with Gasteiger partial charge in [-0.3, -0.25) is 14.6 Å². The van der Waals surface area contributed by atoms with E-state index < -0.39 is 11.6 Å². The zero-order valence-electron chi connectivity index (χ0n) is 13.3. The molecular formula is C15H23N3O3. The number of Topliss-reactive ketones (excluding diaryl/α,β-unsaturated/α-hetero) is 1. The topological polar surface area (TPSA) is 85.0 Å². The fraction of sp³-hybridized carbons (Fsp3) is 0.533. The molecule has 0 aromatic heterocycles. The molecule has 2 N–H and O–H groups in total. The van der Waals surface area contributed by atoms with Crippen LogP contribution >= 0.6 is 0 Å². The second-order valence-electron chi connectivity index (χ2n) is 5.96. The Bertz CT molecular complexity index is 525. The van der Waals surface area contributed by atoms with Crippen molar-refractivity contribution in [1.82, 2.24) is 4.90 Å². The molecule has 21 heavy (non-hydrogen) atoms. The third kappa shape index (κ3) is 5.41. The molecule has 0 aromatic carbocycles. The van der Waals surface area contributed by atoms with Crippen molar-refractivity contribution in [3.63, 3.8) is 0 Å². The van der Waals surface area contributed by atoms with Gasteiger partial charge in [0, 0.05) is 19.5 Å². The Morgan fingerprint density at radius 3 is 2.57 bits per heavy atom. The van der Waals surface area contributed by atoms with Crippen LogP contribution in [0.25, 0.3) is 0 Å². The number of carbonyl (C=O) groups excluding carboxylic acids is 2. The lowest BCUT2D eigenvalue weighted by Gasteiger charge is -2.23. The van der Waals surface area contributed by atoms with Gasteiger partial charge in [-0.15, -0.1) is 0 Å². The normalized spacial score (nSPS) is 19.7. The largest absolute Gasteiger partial charge is 0.459 e. The maximum Gasteiger partial charge on any atom is 0.328 e. The van der Waals surface area contributed by atoms with E-state index >= 15 is 0 Å². The zero-order valence-corrected chi connectivity index (χ0v) is 13.3. The van der Waals surface area contributed by atoms with E-state index in [4.69, 9.17) is 10.5 Å². The fourth-order valence-electron chi connectivity index (χ4n) is 1.78. The van der Waals surface area contributed by atoms with Gasteiger partial charge < -0.3 is 15.4 Å². The van der Waals surface area contributed by atoms with Crippen LogP contribution in [0.15, 0.2) is 28.5 Å². The van der Waals surface area contributed by atoms with Crippen molar-refractivity contribution < 1.29 is 14.3 Å². The molecule has 1 aliphatic heterocycles. The predicted octanol–water partition coefficient (Wildman–Crippen LogP) is 1.03. The van der Waals surface area contributed by atoms with Gasteiger partial charge in [0.05, 0.1) is 18.0 Å². The third-order valence-electron chi connectivity index (χ3n) is 2.69. The van der Waals surface area contributed by atoms with Crippen LogP contribution in [0.4, 0.5) is 0 Å². The Balaban J connectivity index is 2.95. The number of rotatable bonds is 3. The minimum atomic E-state index is -0.544. The number of carbonyl (C=O) groups is 2. The van der Waals surface area contributed by atoms with Crippen LogP contribution in [0.3, 0.4) is 0 Å². The number of nitrogens with two attached hydrogens (primary N) is 1. The lowest BCUT2D eigenvalue weighted by atomic mass is 10.0. The van der Waals surface area contributed by atoms with Gasteiger partial charge in [0.15, 0.2) is 5.78 Å². The van der Waals surface area contributed by atoms with Crippen LogP contribution in [0.5, 0.6) is 0 Å². The summed E-state index contributed by atoms with van der Waals surface area (Å²) < 4.78 is 5.21. The highest BCUT2D eigenvalue weighted by Crippen LogP contribution is 2.13. The smallest absolute Gasteiger partial charge is 0.328 e. The Labute approximate surface area is 125 Å². The first-order chi connectivity index (χ1) is 9.60. The summed E-state index contributed by atoms with van der Waals surface area (Å²) in [7, 11) is 1.88. The Morgan fingerprint density at radius 1 is 1.43 bits per heavy atom. The molecule has 0 aromatic rings. The summed E-state index contributed by atoms with van der Waals surface area (Å²) in [6, 6.07) is 0. The molecule has 0 atom stereocenters. The first kappa shape index (κ1) is 16.9. The second kappa shape index (κ2) is 6.56. The van der Waals surface area contributed by atoms with E-state index in [-0.39, 0.29) is 18.0 Å². The van der Waals surface area contributed by atoms with Gasteiger partial charge in [0.2, 0.25) is 0 Å². The fourth-order valence-corrected chi connectivity index (χ4v) is 1.78. The van der Waals surface area contributed by atoms with Crippen molar-refractivity contribution in [2.24, 2.45) is 10.7 Å². The second-order valence-corrected chi connectivity index (χ2v) is 5.96. The van der Waals surface area contributed by atoms with E-state index in [1.165, 1.54) is 6.92 Å². The lowest BCUT2D eigenvalue weighted by Crippen LogP contribution is -2.30. The minimum Gasteiger partial charge on any atom is -0.459 e. The molecule has 6 nitrogen and oxygen atoms in total. The van der Waals surface area contributed by atoms with Crippen LogP contribution in [0, 0.1) is 0 Å². The molecule has 1 rings (SSSR count). The lowest BCUT2D eigenvalue weighted by molar-refractivity contribution is -0.152.